The molecule has 2 aliphatic rings. The summed E-state index contributed by atoms with van der Waals surface area (Å²) in [6, 6.07) is 43.2. The molecule has 0 aliphatic heterocycles. The van der Waals surface area contributed by atoms with E-state index in [0.29, 0.717) is 0 Å². The molecule has 7 rings (SSSR count). The molecule has 0 amide bonds. The van der Waals surface area contributed by atoms with Gasteiger partial charge >= 0.3 is 0 Å². The molecule has 0 saturated carbocycles. The molecule has 1 spiro atoms. The Morgan fingerprint density at radius 1 is 0.500 bits per heavy atom. The quantitative estimate of drug-likeness (QED) is 0.260. The van der Waals surface area contributed by atoms with E-state index in [4.69, 9.17) is 0 Å². The van der Waals surface area contributed by atoms with E-state index >= 15 is 0 Å². The number of carbonyl (C=O) groups is 1. The molecule has 0 N–H and O–H groups in total. The standard InChI is InChI=1S/C33H22O/c34-21-28-26-14-6-9-17-31(26)33(29-15-7-4-12-24(29)25-13-5-8-16-30(25)33)32-20-23(18-19-27(28)32)22-10-2-1-3-11-22/h1-21,28H. The van der Waals surface area contributed by atoms with E-state index in [1.807, 2.05) is 6.07 Å². The monoisotopic (exact) mass is 434 g/mol. The fourth-order valence-corrected chi connectivity index (χ4v) is 6.35. The summed E-state index contributed by atoms with van der Waals surface area (Å²) in [7, 11) is 0. The third kappa shape index (κ3) is 2.36. The van der Waals surface area contributed by atoms with Crippen molar-refractivity contribution in [3.8, 4) is 22.3 Å². The van der Waals surface area contributed by atoms with Gasteiger partial charge in [-0.2, -0.15) is 0 Å². The maximum absolute atomic E-state index is 12.5. The minimum atomic E-state index is -0.455. The molecule has 1 atom stereocenters. The van der Waals surface area contributed by atoms with Gasteiger partial charge in [0.2, 0.25) is 0 Å². The second kappa shape index (κ2) is 7.13. The normalized spacial score (nSPS) is 16.3. The summed E-state index contributed by atoms with van der Waals surface area (Å²) in [5.74, 6) is -0.276. The van der Waals surface area contributed by atoms with Crippen LogP contribution in [-0.2, 0) is 10.2 Å². The van der Waals surface area contributed by atoms with Crippen LogP contribution in [0.25, 0.3) is 22.3 Å². The molecular weight excluding hydrogens is 412 g/mol. The van der Waals surface area contributed by atoms with Crippen molar-refractivity contribution in [3.05, 3.63) is 155 Å². The molecule has 1 unspecified atom stereocenters. The molecule has 5 aromatic carbocycles. The highest BCUT2D eigenvalue weighted by atomic mass is 16.1. The van der Waals surface area contributed by atoms with Crippen LogP contribution in [0.2, 0.25) is 0 Å². The first kappa shape index (κ1) is 19.3. The van der Waals surface area contributed by atoms with Crippen LogP contribution >= 0.6 is 0 Å². The predicted octanol–water partition coefficient (Wildman–Crippen LogP) is 7.36. The zero-order valence-electron chi connectivity index (χ0n) is 18.6. The number of fused-ring (bicyclic) bond motifs is 9. The lowest BCUT2D eigenvalue weighted by atomic mass is 9.59. The van der Waals surface area contributed by atoms with Crippen LogP contribution in [0.3, 0.4) is 0 Å². The van der Waals surface area contributed by atoms with Gasteiger partial charge in [-0.3, -0.25) is 0 Å². The number of carbonyl (C=O) groups excluding carboxylic acids is 1. The molecule has 2 aliphatic carbocycles. The maximum atomic E-state index is 12.5. The van der Waals surface area contributed by atoms with Crippen molar-refractivity contribution in [2.24, 2.45) is 0 Å². The molecule has 1 heteroatoms. The molecule has 0 fully saturated rings. The summed E-state index contributed by atoms with van der Waals surface area (Å²) in [4.78, 5) is 12.5. The van der Waals surface area contributed by atoms with Crippen molar-refractivity contribution in [2.45, 2.75) is 11.3 Å². The minimum Gasteiger partial charge on any atom is -0.302 e. The Hall–Kier alpha value is -4.23. The summed E-state index contributed by atoms with van der Waals surface area (Å²) in [6.45, 7) is 0. The summed E-state index contributed by atoms with van der Waals surface area (Å²) >= 11 is 0. The second-order valence-corrected chi connectivity index (χ2v) is 9.21. The Labute approximate surface area is 199 Å². The van der Waals surface area contributed by atoms with Crippen molar-refractivity contribution in [1.82, 2.24) is 0 Å². The van der Waals surface area contributed by atoms with Gasteiger partial charge in [0.25, 0.3) is 0 Å². The molecule has 5 aromatic rings. The Morgan fingerprint density at radius 2 is 1.06 bits per heavy atom. The van der Waals surface area contributed by atoms with Crippen LogP contribution in [0.4, 0.5) is 0 Å². The molecule has 0 radical (unpaired) electrons. The number of aldehydes is 1. The van der Waals surface area contributed by atoms with Gasteiger partial charge in [0.05, 0.1) is 11.3 Å². The van der Waals surface area contributed by atoms with Gasteiger partial charge in [0.1, 0.15) is 6.29 Å². The van der Waals surface area contributed by atoms with Gasteiger partial charge in [-0.25, -0.2) is 0 Å². The molecule has 160 valence electrons. The summed E-state index contributed by atoms with van der Waals surface area (Å²) in [5.41, 5.74) is 11.6. The van der Waals surface area contributed by atoms with Crippen molar-refractivity contribution in [2.75, 3.05) is 0 Å². The first-order chi connectivity index (χ1) is 16.8. The van der Waals surface area contributed by atoms with Crippen LogP contribution in [0.5, 0.6) is 0 Å². The third-order valence-corrected chi connectivity index (χ3v) is 7.69. The fourth-order valence-electron chi connectivity index (χ4n) is 6.35. The molecule has 0 aromatic heterocycles. The molecule has 1 nitrogen and oxygen atoms in total. The van der Waals surface area contributed by atoms with E-state index < -0.39 is 5.41 Å². The first-order valence-electron chi connectivity index (χ1n) is 11.8. The van der Waals surface area contributed by atoms with Crippen molar-refractivity contribution >= 4 is 6.29 Å². The molecule has 0 heterocycles. The van der Waals surface area contributed by atoms with E-state index in [9.17, 15) is 4.79 Å². The highest BCUT2D eigenvalue weighted by Crippen LogP contribution is 2.61. The third-order valence-electron chi connectivity index (χ3n) is 7.69. The van der Waals surface area contributed by atoms with E-state index in [0.717, 1.165) is 17.4 Å². The number of benzene rings is 5. The number of rotatable bonds is 2. The Bertz CT molecular complexity index is 1530. The minimum absolute atomic E-state index is 0.276. The molecule has 34 heavy (non-hydrogen) atoms. The van der Waals surface area contributed by atoms with Gasteiger partial charge in [0, 0.05) is 0 Å². The van der Waals surface area contributed by atoms with Crippen LogP contribution < -0.4 is 0 Å². The highest BCUT2D eigenvalue weighted by Gasteiger charge is 2.51. The Balaban J connectivity index is 1.67. The Kier molecular flexibility index (Phi) is 4.04. The van der Waals surface area contributed by atoms with Crippen LogP contribution in [0.15, 0.2) is 121 Å². The largest absolute Gasteiger partial charge is 0.302 e. The Morgan fingerprint density at radius 3 is 1.74 bits per heavy atom. The zero-order valence-corrected chi connectivity index (χ0v) is 18.6. The van der Waals surface area contributed by atoms with Gasteiger partial charge in [-0.1, -0.05) is 115 Å². The lowest BCUT2D eigenvalue weighted by molar-refractivity contribution is -0.108. The van der Waals surface area contributed by atoms with Gasteiger partial charge in [-0.15, -0.1) is 0 Å². The maximum Gasteiger partial charge on any atom is 0.131 e. The summed E-state index contributed by atoms with van der Waals surface area (Å²) < 4.78 is 0. The topological polar surface area (TPSA) is 17.1 Å². The lowest BCUT2D eigenvalue weighted by Crippen LogP contribution is -2.36. The summed E-state index contributed by atoms with van der Waals surface area (Å²) in [6.07, 6.45) is 1.11. The highest BCUT2D eigenvalue weighted by molar-refractivity contribution is 5.90. The molecule has 0 saturated heterocycles. The SMILES string of the molecule is O=CC1c2ccccc2C2(c3ccccc3-c3ccccc32)c2cc(-c3ccccc3)ccc21. The average molecular weight is 435 g/mol. The number of hydrogen-bond acceptors (Lipinski definition) is 1. The van der Waals surface area contributed by atoms with Crippen molar-refractivity contribution in [3.63, 3.8) is 0 Å². The van der Waals surface area contributed by atoms with E-state index in [1.54, 1.807) is 0 Å². The van der Waals surface area contributed by atoms with Crippen molar-refractivity contribution in [1.29, 1.82) is 0 Å². The summed E-state index contributed by atoms with van der Waals surface area (Å²) in [5, 5.41) is 0. The first-order valence-corrected chi connectivity index (χ1v) is 11.8. The van der Waals surface area contributed by atoms with Gasteiger partial charge in [-0.05, 0) is 61.7 Å². The second-order valence-electron chi connectivity index (χ2n) is 9.21. The van der Waals surface area contributed by atoms with E-state index in [2.05, 4.69) is 115 Å². The lowest BCUT2D eigenvalue weighted by Gasteiger charge is -2.42. The fraction of sp³-hybridized carbons (Fsp3) is 0.0606. The molecular formula is C33H22O. The van der Waals surface area contributed by atoms with Crippen LogP contribution in [-0.4, -0.2) is 6.29 Å². The average Bonchev–Trinajstić information content (AvgIpc) is 3.21. The number of hydrogen-bond donors (Lipinski definition) is 0. The van der Waals surface area contributed by atoms with Crippen molar-refractivity contribution < 1.29 is 4.79 Å². The van der Waals surface area contributed by atoms with Crippen LogP contribution in [0, 0.1) is 0 Å². The van der Waals surface area contributed by atoms with E-state index in [-0.39, 0.29) is 5.92 Å². The predicted molar refractivity (Wildman–Crippen MR) is 137 cm³/mol. The zero-order chi connectivity index (χ0) is 22.7. The molecule has 0 bridgehead atoms. The van der Waals surface area contributed by atoms with E-state index in [1.165, 1.54) is 44.5 Å². The van der Waals surface area contributed by atoms with Gasteiger partial charge < -0.3 is 4.79 Å². The van der Waals surface area contributed by atoms with Gasteiger partial charge in [0.15, 0.2) is 0 Å². The smallest absolute Gasteiger partial charge is 0.131 e. The van der Waals surface area contributed by atoms with Crippen LogP contribution in [0.1, 0.15) is 39.3 Å².